The van der Waals surface area contributed by atoms with Crippen LogP contribution in [0.5, 0.6) is 5.75 Å². The van der Waals surface area contributed by atoms with E-state index >= 15 is 0 Å². The molecule has 2 heteroatoms. The van der Waals surface area contributed by atoms with Crippen molar-refractivity contribution in [3.63, 3.8) is 0 Å². The maximum Gasteiger partial charge on any atom is 0.119 e. The third kappa shape index (κ3) is 1.82. The van der Waals surface area contributed by atoms with E-state index in [-0.39, 0.29) is 12.5 Å². The van der Waals surface area contributed by atoms with Gasteiger partial charge in [-0.15, -0.1) is 0 Å². The summed E-state index contributed by atoms with van der Waals surface area (Å²) in [5.74, 6) is 0.381. The molecule has 1 aliphatic carbocycles. The van der Waals surface area contributed by atoms with Crippen molar-refractivity contribution in [3.8, 4) is 5.75 Å². The van der Waals surface area contributed by atoms with E-state index < -0.39 is 0 Å². The molecule has 16 heavy (non-hydrogen) atoms. The van der Waals surface area contributed by atoms with Gasteiger partial charge in [-0.25, -0.2) is 0 Å². The number of aryl methyl sites for hydroxylation is 1. The van der Waals surface area contributed by atoms with Crippen molar-refractivity contribution in [2.24, 2.45) is 0 Å². The minimum atomic E-state index is 0.0206. The molecule has 0 bridgehead atoms. The molecular weight excluding hydrogens is 200 g/mol. The minimum Gasteiger partial charge on any atom is -0.508 e. The highest BCUT2D eigenvalue weighted by atomic mass is 16.3. The molecule has 2 nitrogen and oxygen atoms in total. The lowest BCUT2D eigenvalue weighted by molar-refractivity contribution is 0.270. The zero-order chi connectivity index (χ0) is 11.7. The smallest absolute Gasteiger partial charge is 0.119 e. The first-order chi connectivity index (χ1) is 7.65. The molecule has 2 N–H and O–H groups in total. The zero-order valence-electron chi connectivity index (χ0n) is 10.1. The van der Waals surface area contributed by atoms with Crippen LogP contribution in [0.4, 0.5) is 0 Å². The Bertz CT molecular complexity index is 396. The second kappa shape index (κ2) is 4.46. The van der Waals surface area contributed by atoms with Gasteiger partial charge in [0.05, 0.1) is 0 Å². The summed E-state index contributed by atoms with van der Waals surface area (Å²) in [5.41, 5.74) is 4.83. The molecule has 1 aromatic rings. The van der Waals surface area contributed by atoms with Crippen molar-refractivity contribution in [2.45, 2.75) is 45.4 Å². The molecule has 0 amide bonds. The maximum atomic E-state index is 10.0. The predicted octanol–water partition coefficient (Wildman–Crippen LogP) is 2.68. The van der Waals surface area contributed by atoms with Gasteiger partial charge in [-0.3, -0.25) is 0 Å². The fourth-order valence-corrected chi connectivity index (χ4v) is 2.83. The summed E-state index contributed by atoms with van der Waals surface area (Å²) in [6, 6.07) is 1.91. The number of aliphatic hydroxyl groups is 1. The van der Waals surface area contributed by atoms with E-state index in [0.717, 1.165) is 18.4 Å². The van der Waals surface area contributed by atoms with E-state index in [4.69, 9.17) is 0 Å². The van der Waals surface area contributed by atoms with Crippen LogP contribution in [0.2, 0.25) is 0 Å². The van der Waals surface area contributed by atoms with E-state index in [1.165, 1.54) is 29.5 Å². The average molecular weight is 220 g/mol. The largest absolute Gasteiger partial charge is 0.508 e. The molecule has 0 aromatic heterocycles. The number of aliphatic hydroxyl groups excluding tert-OH is 1. The molecule has 1 atom stereocenters. The number of hydrogen-bond donors (Lipinski definition) is 2. The zero-order valence-corrected chi connectivity index (χ0v) is 10.1. The molecule has 1 unspecified atom stereocenters. The van der Waals surface area contributed by atoms with Crippen LogP contribution in [0.25, 0.3) is 0 Å². The van der Waals surface area contributed by atoms with Gasteiger partial charge in [0, 0.05) is 18.1 Å². The van der Waals surface area contributed by atoms with Crippen LogP contribution < -0.4 is 0 Å². The fraction of sp³-hybridized carbons (Fsp3) is 0.571. The number of aromatic hydroxyl groups is 1. The Morgan fingerprint density at radius 3 is 2.69 bits per heavy atom. The van der Waals surface area contributed by atoms with Crippen molar-refractivity contribution < 1.29 is 10.2 Å². The predicted molar refractivity (Wildman–Crippen MR) is 65.0 cm³/mol. The van der Waals surface area contributed by atoms with Gasteiger partial charge in [-0.1, -0.05) is 6.92 Å². The Balaban J connectivity index is 2.54. The second-order valence-electron chi connectivity index (χ2n) is 4.86. The second-order valence-corrected chi connectivity index (χ2v) is 4.86. The van der Waals surface area contributed by atoms with Gasteiger partial charge in [-0.05, 0) is 55.4 Å². The van der Waals surface area contributed by atoms with Crippen molar-refractivity contribution >= 4 is 0 Å². The summed E-state index contributed by atoms with van der Waals surface area (Å²) in [6.45, 7) is 4.12. The molecule has 0 spiro atoms. The highest BCUT2D eigenvalue weighted by molar-refractivity contribution is 5.51. The summed E-state index contributed by atoms with van der Waals surface area (Å²) >= 11 is 0. The molecule has 1 aromatic carbocycles. The number of phenolic OH excluding ortho intramolecular Hbond substituents is 1. The topological polar surface area (TPSA) is 40.5 Å². The molecule has 0 aliphatic heterocycles. The van der Waals surface area contributed by atoms with Gasteiger partial charge in [0.25, 0.3) is 0 Å². The monoisotopic (exact) mass is 220 g/mol. The van der Waals surface area contributed by atoms with Crippen LogP contribution in [0.3, 0.4) is 0 Å². The third-order valence-electron chi connectivity index (χ3n) is 3.72. The highest BCUT2D eigenvalue weighted by Crippen LogP contribution is 2.36. The van der Waals surface area contributed by atoms with Gasteiger partial charge >= 0.3 is 0 Å². The lowest BCUT2D eigenvalue weighted by Gasteiger charge is -2.23. The summed E-state index contributed by atoms with van der Waals surface area (Å²) in [6.07, 6.45) is 4.66. The highest BCUT2D eigenvalue weighted by Gasteiger charge is 2.20. The van der Waals surface area contributed by atoms with E-state index in [1.807, 2.05) is 13.0 Å². The molecular formula is C14H20O2. The number of fused-ring (bicyclic) bond motifs is 1. The number of phenols is 1. The van der Waals surface area contributed by atoms with Gasteiger partial charge in [-0.2, -0.15) is 0 Å². The van der Waals surface area contributed by atoms with Crippen molar-refractivity contribution in [1.29, 1.82) is 0 Å². The van der Waals surface area contributed by atoms with Crippen molar-refractivity contribution in [3.05, 3.63) is 28.3 Å². The Kier molecular flexibility index (Phi) is 3.20. The quantitative estimate of drug-likeness (QED) is 0.804. The minimum absolute atomic E-state index is 0.0206. The average Bonchev–Trinajstić information content (AvgIpc) is 2.28. The van der Waals surface area contributed by atoms with Crippen LogP contribution in [0.15, 0.2) is 6.07 Å². The first-order valence-corrected chi connectivity index (χ1v) is 6.10. The Morgan fingerprint density at radius 2 is 2.00 bits per heavy atom. The van der Waals surface area contributed by atoms with Gasteiger partial charge in [0.15, 0.2) is 0 Å². The van der Waals surface area contributed by atoms with Crippen molar-refractivity contribution in [1.82, 2.24) is 0 Å². The summed E-state index contributed by atoms with van der Waals surface area (Å²) in [5, 5.41) is 19.3. The third-order valence-corrected chi connectivity index (χ3v) is 3.72. The van der Waals surface area contributed by atoms with Crippen LogP contribution in [0.1, 0.15) is 47.9 Å². The van der Waals surface area contributed by atoms with E-state index in [2.05, 4.69) is 6.92 Å². The normalized spacial score (nSPS) is 16.9. The summed E-state index contributed by atoms with van der Waals surface area (Å²) < 4.78 is 0. The van der Waals surface area contributed by atoms with Gasteiger partial charge in [0.2, 0.25) is 0 Å². The van der Waals surface area contributed by atoms with Gasteiger partial charge in [0.1, 0.15) is 5.75 Å². The van der Waals surface area contributed by atoms with Crippen LogP contribution in [0, 0.1) is 6.92 Å². The molecule has 88 valence electrons. The SMILES string of the molecule is Cc1c2c(cc(O)c1C(C)CO)CCCC2. The van der Waals surface area contributed by atoms with E-state index in [1.54, 1.807) is 0 Å². The van der Waals surface area contributed by atoms with Gasteiger partial charge < -0.3 is 10.2 Å². The number of benzene rings is 1. The number of hydrogen-bond acceptors (Lipinski definition) is 2. The lowest BCUT2D eigenvalue weighted by Crippen LogP contribution is -2.10. The van der Waals surface area contributed by atoms with Crippen LogP contribution in [-0.4, -0.2) is 16.8 Å². The molecule has 0 heterocycles. The van der Waals surface area contributed by atoms with E-state index in [9.17, 15) is 10.2 Å². The Morgan fingerprint density at radius 1 is 1.31 bits per heavy atom. The van der Waals surface area contributed by atoms with Crippen molar-refractivity contribution in [2.75, 3.05) is 6.61 Å². The van der Waals surface area contributed by atoms with Crippen LogP contribution >= 0.6 is 0 Å². The fourth-order valence-electron chi connectivity index (χ4n) is 2.83. The molecule has 0 saturated heterocycles. The van der Waals surface area contributed by atoms with E-state index in [0.29, 0.717) is 5.75 Å². The standard InChI is InChI=1S/C14H20O2/c1-9(8-15)14-10(2)12-6-4-3-5-11(12)7-13(14)16/h7,9,15-16H,3-6,8H2,1-2H3. The first kappa shape index (κ1) is 11.5. The molecule has 2 rings (SSSR count). The van der Waals surface area contributed by atoms with Crippen LogP contribution in [-0.2, 0) is 12.8 Å². The molecule has 0 saturated carbocycles. The first-order valence-electron chi connectivity index (χ1n) is 6.10. The molecule has 1 aliphatic rings. The molecule has 0 radical (unpaired) electrons. The summed E-state index contributed by atoms with van der Waals surface area (Å²) in [4.78, 5) is 0. The lowest BCUT2D eigenvalue weighted by atomic mass is 9.83. The molecule has 0 fully saturated rings. The summed E-state index contributed by atoms with van der Waals surface area (Å²) in [7, 11) is 0. The Labute approximate surface area is 96.9 Å². The Hall–Kier alpha value is -1.02. The number of rotatable bonds is 2. The maximum absolute atomic E-state index is 10.0.